The van der Waals surface area contributed by atoms with E-state index in [9.17, 15) is 4.79 Å². The number of para-hydroxylation sites is 1. The third-order valence-electron chi connectivity index (χ3n) is 2.18. The van der Waals surface area contributed by atoms with Crippen molar-refractivity contribution in [3.8, 4) is 11.5 Å². The summed E-state index contributed by atoms with van der Waals surface area (Å²) in [6.45, 7) is 1.58. The third kappa shape index (κ3) is 2.39. The van der Waals surface area contributed by atoms with Crippen molar-refractivity contribution in [3.05, 3.63) is 47.8 Å². The largest absolute Gasteiger partial charge is 0.477 e. The summed E-state index contributed by atoms with van der Waals surface area (Å²) in [4.78, 5) is 11.1. The Morgan fingerprint density at radius 1 is 1.29 bits per heavy atom. The number of hydrogen-bond donors (Lipinski definition) is 1. The molecule has 1 aromatic heterocycles. The normalized spacial score (nSPS) is 9.94. The van der Waals surface area contributed by atoms with Crippen molar-refractivity contribution in [2.75, 3.05) is 0 Å². The van der Waals surface area contributed by atoms with Crippen molar-refractivity contribution in [2.45, 2.75) is 6.92 Å². The van der Waals surface area contributed by atoms with Gasteiger partial charge in [0.15, 0.2) is 5.75 Å². The summed E-state index contributed by atoms with van der Waals surface area (Å²) in [7, 11) is 0. The molecule has 2 aromatic rings. The van der Waals surface area contributed by atoms with Crippen LogP contribution in [-0.2, 0) is 0 Å². The minimum absolute atomic E-state index is 0.0313. The Hall–Kier alpha value is -2.43. The van der Waals surface area contributed by atoms with E-state index >= 15 is 0 Å². The molecule has 0 spiro atoms. The van der Waals surface area contributed by atoms with Gasteiger partial charge in [-0.05, 0) is 19.1 Å². The van der Waals surface area contributed by atoms with Gasteiger partial charge in [-0.25, -0.2) is 4.79 Å². The number of carboxylic acid groups (broad SMARTS) is 1. The van der Waals surface area contributed by atoms with Gasteiger partial charge in [0, 0.05) is 0 Å². The maximum Gasteiger partial charge on any atom is 0.341 e. The molecule has 86 valence electrons. The van der Waals surface area contributed by atoms with Crippen LogP contribution < -0.4 is 4.74 Å². The quantitative estimate of drug-likeness (QED) is 0.875. The third-order valence-corrected chi connectivity index (χ3v) is 2.18. The summed E-state index contributed by atoms with van der Waals surface area (Å²) >= 11 is 0. The highest BCUT2D eigenvalue weighted by atomic mass is 16.5. The van der Waals surface area contributed by atoms with Crippen molar-refractivity contribution in [1.29, 1.82) is 0 Å². The minimum atomic E-state index is -1.08. The Bertz CT molecular complexity index is 541. The van der Waals surface area contributed by atoms with E-state index in [1.165, 1.54) is 6.20 Å². The second-order valence-electron chi connectivity index (χ2n) is 3.39. The van der Waals surface area contributed by atoms with Gasteiger partial charge < -0.3 is 9.84 Å². The van der Waals surface area contributed by atoms with Crippen molar-refractivity contribution in [2.24, 2.45) is 0 Å². The fourth-order valence-electron chi connectivity index (χ4n) is 1.41. The van der Waals surface area contributed by atoms with Gasteiger partial charge >= 0.3 is 5.97 Å². The van der Waals surface area contributed by atoms with Gasteiger partial charge in [-0.2, -0.15) is 10.2 Å². The first-order chi connectivity index (χ1) is 8.18. The molecule has 0 saturated heterocycles. The second kappa shape index (κ2) is 4.61. The summed E-state index contributed by atoms with van der Waals surface area (Å²) in [6.07, 6.45) is 1.30. The minimum Gasteiger partial charge on any atom is -0.477 e. The van der Waals surface area contributed by atoms with Crippen molar-refractivity contribution < 1.29 is 14.6 Å². The van der Waals surface area contributed by atoms with Crippen molar-refractivity contribution >= 4 is 5.97 Å². The summed E-state index contributed by atoms with van der Waals surface area (Å²) in [6, 6.07) is 8.93. The van der Waals surface area contributed by atoms with Crippen LogP contribution in [0.3, 0.4) is 0 Å². The fourth-order valence-corrected chi connectivity index (χ4v) is 1.41. The lowest BCUT2D eigenvalue weighted by Gasteiger charge is -2.08. The highest BCUT2D eigenvalue weighted by molar-refractivity contribution is 5.91. The Labute approximate surface area is 97.7 Å². The molecule has 1 N–H and O–H groups in total. The van der Waals surface area contributed by atoms with E-state index in [1.807, 2.05) is 6.07 Å². The van der Waals surface area contributed by atoms with Crippen LogP contribution in [0.4, 0.5) is 0 Å². The van der Waals surface area contributed by atoms with Gasteiger partial charge in [0.1, 0.15) is 11.3 Å². The average molecular weight is 230 g/mol. The number of aromatic nitrogens is 2. The molecule has 0 bridgehead atoms. The predicted molar refractivity (Wildman–Crippen MR) is 60.2 cm³/mol. The molecular weight excluding hydrogens is 220 g/mol. The van der Waals surface area contributed by atoms with Crippen molar-refractivity contribution in [1.82, 2.24) is 10.2 Å². The first-order valence-corrected chi connectivity index (χ1v) is 4.97. The van der Waals surface area contributed by atoms with E-state index in [2.05, 4.69) is 10.2 Å². The van der Waals surface area contributed by atoms with Gasteiger partial charge in [0.2, 0.25) is 0 Å². The summed E-state index contributed by atoms with van der Waals surface area (Å²) < 4.78 is 5.47. The monoisotopic (exact) mass is 230 g/mol. The number of nitrogens with zero attached hydrogens (tertiary/aromatic N) is 2. The molecule has 0 atom stereocenters. The van der Waals surface area contributed by atoms with Crippen LogP contribution in [-0.4, -0.2) is 21.3 Å². The number of hydrogen-bond acceptors (Lipinski definition) is 4. The highest BCUT2D eigenvalue weighted by Crippen LogP contribution is 2.25. The number of benzene rings is 1. The first-order valence-electron chi connectivity index (χ1n) is 4.97. The molecule has 0 fully saturated rings. The molecule has 1 heterocycles. The van der Waals surface area contributed by atoms with E-state index < -0.39 is 5.97 Å². The molecule has 1 aromatic carbocycles. The Morgan fingerprint density at radius 3 is 2.65 bits per heavy atom. The lowest BCUT2D eigenvalue weighted by molar-refractivity contribution is 0.0692. The zero-order chi connectivity index (χ0) is 12.3. The molecule has 0 aliphatic carbocycles. The SMILES string of the molecule is Cc1nncc(Oc2ccccc2)c1C(=O)O. The maximum atomic E-state index is 11.1. The molecule has 0 saturated carbocycles. The molecule has 0 aliphatic heterocycles. The first kappa shape index (κ1) is 11.1. The number of aryl methyl sites for hydroxylation is 1. The highest BCUT2D eigenvalue weighted by Gasteiger charge is 2.16. The standard InChI is InChI=1S/C12H10N2O3/c1-8-11(12(15)16)10(7-13-14-8)17-9-5-3-2-4-6-9/h2-7H,1H3,(H,15,16). The molecule has 0 aliphatic rings. The van der Waals surface area contributed by atoms with Crippen LogP contribution in [0.1, 0.15) is 16.1 Å². The van der Waals surface area contributed by atoms with E-state index in [0.29, 0.717) is 11.4 Å². The summed E-state index contributed by atoms with van der Waals surface area (Å²) in [5, 5.41) is 16.5. The van der Waals surface area contributed by atoms with Crippen LogP contribution >= 0.6 is 0 Å². The van der Waals surface area contributed by atoms with Crippen molar-refractivity contribution in [3.63, 3.8) is 0 Å². The van der Waals surface area contributed by atoms with Crippen LogP contribution in [0.25, 0.3) is 0 Å². The maximum absolute atomic E-state index is 11.1. The van der Waals surface area contributed by atoms with E-state index in [1.54, 1.807) is 31.2 Å². The molecule has 5 heteroatoms. The summed E-state index contributed by atoms with van der Waals surface area (Å²) in [5.74, 6) is -0.332. The Balaban J connectivity index is 2.40. The molecule has 5 nitrogen and oxygen atoms in total. The molecule has 0 radical (unpaired) electrons. The molecule has 0 unspecified atom stereocenters. The van der Waals surface area contributed by atoms with Crippen LogP contribution in [0.2, 0.25) is 0 Å². The molecule has 17 heavy (non-hydrogen) atoms. The smallest absolute Gasteiger partial charge is 0.341 e. The van der Waals surface area contributed by atoms with Gasteiger partial charge in [-0.3, -0.25) is 0 Å². The van der Waals surface area contributed by atoms with Gasteiger partial charge in [0.25, 0.3) is 0 Å². The van der Waals surface area contributed by atoms with Gasteiger partial charge in [-0.15, -0.1) is 0 Å². The van der Waals surface area contributed by atoms with E-state index in [-0.39, 0.29) is 11.3 Å². The number of aromatic carboxylic acids is 1. The lowest BCUT2D eigenvalue weighted by Crippen LogP contribution is -2.05. The predicted octanol–water partition coefficient (Wildman–Crippen LogP) is 2.28. The second-order valence-corrected chi connectivity index (χ2v) is 3.39. The zero-order valence-electron chi connectivity index (χ0n) is 9.12. The molecular formula is C12H10N2O3. The average Bonchev–Trinajstić information content (AvgIpc) is 2.30. The zero-order valence-corrected chi connectivity index (χ0v) is 9.12. The fraction of sp³-hybridized carbons (Fsp3) is 0.0833. The Morgan fingerprint density at radius 2 is 2.00 bits per heavy atom. The van der Waals surface area contributed by atoms with Crippen LogP contribution in [0.15, 0.2) is 36.5 Å². The summed E-state index contributed by atoms with van der Waals surface area (Å²) in [5.41, 5.74) is 0.356. The van der Waals surface area contributed by atoms with E-state index in [0.717, 1.165) is 0 Å². The number of rotatable bonds is 3. The number of carboxylic acids is 1. The van der Waals surface area contributed by atoms with Gasteiger partial charge in [-0.1, -0.05) is 18.2 Å². The van der Waals surface area contributed by atoms with E-state index in [4.69, 9.17) is 9.84 Å². The van der Waals surface area contributed by atoms with Crippen LogP contribution in [0, 0.1) is 6.92 Å². The molecule has 2 rings (SSSR count). The molecule has 0 amide bonds. The topological polar surface area (TPSA) is 72.3 Å². The number of carbonyl (C=O) groups is 1. The Kier molecular flexibility index (Phi) is 3.00. The number of ether oxygens (including phenoxy) is 1. The van der Waals surface area contributed by atoms with Gasteiger partial charge in [0.05, 0.1) is 11.9 Å². The van der Waals surface area contributed by atoms with Crippen LogP contribution in [0.5, 0.6) is 11.5 Å². The lowest BCUT2D eigenvalue weighted by atomic mass is 10.2.